The Labute approximate surface area is 179 Å². The molecule has 8 heteroatoms. The largest absolute Gasteiger partial charge is 0.497 e. The van der Waals surface area contributed by atoms with Crippen LogP contribution in [0.5, 0.6) is 11.5 Å². The number of ether oxygens (including phenoxy) is 2. The monoisotopic (exact) mass is 420 g/mol. The Kier molecular flexibility index (Phi) is 5.97. The van der Waals surface area contributed by atoms with Crippen molar-refractivity contribution >= 4 is 5.91 Å². The molecular formula is C23H24N4O4. The van der Waals surface area contributed by atoms with Gasteiger partial charge < -0.3 is 19.4 Å². The van der Waals surface area contributed by atoms with Crippen LogP contribution >= 0.6 is 0 Å². The maximum Gasteiger partial charge on any atom is 0.273 e. The minimum Gasteiger partial charge on any atom is -0.497 e. The van der Waals surface area contributed by atoms with Crippen LogP contribution in [0.2, 0.25) is 0 Å². The van der Waals surface area contributed by atoms with Crippen molar-refractivity contribution in [2.24, 2.45) is 0 Å². The number of H-pyrrole nitrogens is 1. The molecule has 0 spiro atoms. The maximum atomic E-state index is 12.7. The van der Waals surface area contributed by atoms with Crippen molar-refractivity contribution in [1.82, 2.24) is 20.1 Å². The number of amides is 1. The van der Waals surface area contributed by atoms with Gasteiger partial charge in [-0.25, -0.2) is 0 Å². The van der Waals surface area contributed by atoms with Gasteiger partial charge in [-0.3, -0.25) is 9.59 Å². The molecule has 160 valence electrons. The fourth-order valence-electron chi connectivity index (χ4n) is 3.69. The number of nitrogens with zero attached hydrogens (tertiary/aromatic N) is 3. The molecule has 0 bridgehead atoms. The number of hydrogen-bond acceptors (Lipinski definition) is 6. The summed E-state index contributed by atoms with van der Waals surface area (Å²) >= 11 is 0. The lowest BCUT2D eigenvalue weighted by Crippen LogP contribution is -2.36. The summed E-state index contributed by atoms with van der Waals surface area (Å²) in [6, 6.07) is 13.4. The number of nitrogens with one attached hydrogen (secondary N) is 1. The van der Waals surface area contributed by atoms with Crippen molar-refractivity contribution in [3.63, 3.8) is 0 Å². The number of aryl methyl sites for hydroxylation is 1. The van der Waals surface area contributed by atoms with Crippen molar-refractivity contribution in [3.8, 4) is 22.9 Å². The summed E-state index contributed by atoms with van der Waals surface area (Å²) in [6.07, 6.45) is 1.30. The van der Waals surface area contributed by atoms with Gasteiger partial charge in [-0.2, -0.15) is 0 Å². The maximum absolute atomic E-state index is 12.7. The van der Waals surface area contributed by atoms with E-state index in [-0.39, 0.29) is 30.0 Å². The zero-order valence-electron chi connectivity index (χ0n) is 17.6. The van der Waals surface area contributed by atoms with Gasteiger partial charge in [0.05, 0.1) is 14.2 Å². The first-order chi connectivity index (χ1) is 15.1. The molecule has 0 saturated heterocycles. The highest BCUT2D eigenvalue weighted by Crippen LogP contribution is 2.27. The van der Waals surface area contributed by atoms with E-state index in [2.05, 4.69) is 27.3 Å². The molecule has 0 fully saturated rings. The molecule has 8 nitrogen and oxygen atoms in total. The molecule has 31 heavy (non-hydrogen) atoms. The second kappa shape index (κ2) is 8.99. The number of benzene rings is 2. The van der Waals surface area contributed by atoms with E-state index in [1.165, 1.54) is 11.1 Å². The number of rotatable bonds is 6. The molecule has 2 heterocycles. The Morgan fingerprint density at radius 1 is 1.06 bits per heavy atom. The molecule has 0 atom stereocenters. The van der Waals surface area contributed by atoms with Crippen molar-refractivity contribution in [2.45, 2.75) is 25.8 Å². The van der Waals surface area contributed by atoms with Crippen molar-refractivity contribution in [1.29, 1.82) is 0 Å². The van der Waals surface area contributed by atoms with Gasteiger partial charge >= 0.3 is 0 Å². The molecule has 1 aliphatic rings. The SMILES string of the molecule is COc1cc(OC)cc(-c2nnc(CCC(=O)N3CCc4ccccc4C3)c(=O)[nH]2)c1. The van der Waals surface area contributed by atoms with E-state index in [4.69, 9.17) is 9.47 Å². The Morgan fingerprint density at radius 2 is 1.77 bits per heavy atom. The van der Waals surface area contributed by atoms with E-state index in [0.29, 0.717) is 36.0 Å². The molecule has 0 radical (unpaired) electrons. The van der Waals surface area contributed by atoms with Crippen molar-refractivity contribution in [3.05, 3.63) is 69.6 Å². The first kappa shape index (κ1) is 20.6. The molecule has 1 amide bonds. The molecule has 4 rings (SSSR count). The average Bonchev–Trinajstić information content (AvgIpc) is 2.82. The molecular weight excluding hydrogens is 396 g/mol. The summed E-state index contributed by atoms with van der Waals surface area (Å²) in [5.74, 6) is 1.48. The molecule has 1 N–H and O–H groups in total. The summed E-state index contributed by atoms with van der Waals surface area (Å²) in [4.78, 5) is 29.8. The van der Waals surface area contributed by atoms with E-state index in [9.17, 15) is 9.59 Å². The van der Waals surface area contributed by atoms with Gasteiger partial charge in [-0.1, -0.05) is 24.3 Å². The lowest BCUT2D eigenvalue weighted by atomic mass is 9.99. The van der Waals surface area contributed by atoms with Crippen molar-refractivity contribution < 1.29 is 14.3 Å². The topological polar surface area (TPSA) is 97.4 Å². The quantitative estimate of drug-likeness (QED) is 0.658. The van der Waals surface area contributed by atoms with Crippen LogP contribution in [0.4, 0.5) is 0 Å². The Bertz CT molecular complexity index is 1140. The summed E-state index contributed by atoms with van der Waals surface area (Å²) < 4.78 is 10.5. The highest BCUT2D eigenvalue weighted by molar-refractivity contribution is 5.76. The van der Waals surface area contributed by atoms with Gasteiger partial charge in [-0.05, 0) is 29.7 Å². The Morgan fingerprint density at radius 3 is 2.45 bits per heavy atom. The van der Waals surface area contributed by atoms with Gasteiger partial charge in [-0.15, -0.1) is 10.2 Å². The lowest BCUT2D eigenvalue weighted by Gasteiger charge is -2.28. The smallest absolute Gasteiger partial charge is 0.273 e. The fourth-order valence-corrected chi connectivity index (χ4v) is 3.69. The molecule has 0 unspecified atom stereocenters. The summed E-state index contributed by atoms with van der Waals surface area (Å²) in [6.45, 7) is 1.29. The highest BCUT2D eigenvalue weighted by atomic mass is 16.5. The van der Waals surface area contributed by atoms with Gasteiger partial charge in [0.15, 0.2) is 5.82 Å². The molecule has 3 aromatic rings. The average molecular weight is 420 g/mol. The van der Waals surface area contributed by atoms with Crippen LogP contribution in [-0.4, -0.2) is 46.8 Å². The van der Waals surface area contributed by atoms with Crippen LogP contribution in [-0.2, 0) is 24.2 Å². The highest BCUT2D eigenvalue weighted by Gasteiger charge is 2.21. The van der Waals surface area contributed by atoms with Crippen LogP contribution in [0.3, 0.4) is 0 Å². The Hall–Kier alpha value is -3.68. The molecule has 2 aromatic carbocycles. The minimum absolute atomic E-state index is 0.0114. The third-order valence-corrected chi connectivity index (χ3v) is 5.45. The second-order valence-corrected chi connectivity index (χ2v) is 7.38. The van der Waals surface area contributed by atoms with Crippen LogP contribution in [0.15, 0.2) is 47.3 Å². The standard InChI is InChI=1S/C23H24N4O4/c1-30-18-11-17(12-19(13-18)31-2)22-24-23(29)20(25-26-22)7-8-21(28)27-10-9-15-5-3-4-6-16(15)14-27/h3-6,11-13H,7-10,14H2,1-2H3,(H,24,26,29). The normalized spacial score (nSPS) is 12.9. The van der Waals surface area contributed by atoms with Gasteiger partial charge in [0.2, 0.25) is 5.91 Å². The predicted molar refractivity (Wildman–Crippen MR) is 115 cm³/mol. The number of carbonyl (C=O) groups is 1. The molecule has 1 aromatic heterocycles. The van der Waals surface area contributed by atoms with Gasteiger partial charge in [0.1, 0.15) is 17.2 Å². The number of aromatic amines is 1. The lowest BCUT2D eigenvalue weighted by molar-refractivity contribution is -0.132. The van der Waals surface area contributed by atoms with Gasteiger partial charge in [0.25, 0.3) is 5.56 Å². The van der Waals surface area contributed by atoms with E-state index < -0.39 is 0 Å². The zero-order chi connectivity index (χ0) is 21.8. The minimum atomic E-state index is -0.358. The zero-order valence-corrected chi connectivity index (χ0v) is 17.6. The van der Waals surface area contributed by atoms with E-state index in [0.717, 1.165) is 6.42 Å². The summed E-state index contributed by atoms with van der Waals surface area (Å²) in [7, 11) is 3.10. The fraction of sp³-hybridized carbons (Fsp3) is 0.304. The van der Waals surface area contributed by atoms with E-state index in [1.807, 2.05) is 17.0 Å². The predicted octanol–water partition coefficient (Wildman–Crippen LogP) is 2.37. The summed E-state index contributed by atoms with van der Waals surface area (Å²) in [5, 5.41) is 8.21. The number of aromatic nitrogens is 3. The van der Waals surface area contributed by atoms with E-state index in [1.54, 1.807) is 32.4 Å². The third-order valence-electron chi connectivity index (χ3n) is 5.45. The van der Waals surface area contributed by atoms with Gasteiger partial charge in [0, 0.05) is 37.6 Å². The van der Waals surface area contributed by atoms with E-state index >= 15 is 0 Å². The number of hydrogen-bond donors (Lipinski definition) is 1. The number of fused-ring (bicyclic) bond motifs is 1. The van der Waals surface area contributed by atoms with Crippen molar-refractivity contribution in [2.75, 3.05) is 20.8 Å². The third kappa shape index (κ3) is 4.58. The van der Waals surface area contributed by atoms with Crippen LogP contribution in [0.25, 0.3) is 11.4 Å². The molecule has 0 saturated carbocycles. The second-order valence-electron chi connectivity index (χ2n) is 7.38. The number of methoxy groups -OCH3 is 2. The summed E-state index contributed by atoms with van der Waals surface area (Å²) in [5.41, 5.74) is 2.97. The van der Waals surface area contributed by atoms with Crippen LogP contribution in [0, 0.1) is 0 Å². The van der Waals surface area contributed by atoms with Crippen LogP contribution < -0.4 is 15.0 Å². The first-order valence-corrected chi connectivity index (χ1v) is 10.1. The number of carbonyl (C=O) groups excluding carboxylic acids is 1. The molecule has 1 aliphatic heterocycles. The Balaban J connectivity index is 1.44. The molecule has 0 aliphatic carbocycles. The first-order valence-electron chi connectivity index (χ1n) is 10.1. The van der Waals surface area contributed by atoms with Crippen LogP contribution in [0.1, 0.15) is 23.2 Å².